The number of H-pyrrole nitrogens is 1. The summed E-state index contributed by atoms with van der Waals surface area (Å²) in [6.07, 6.45) is -0.0103. The Labute approximate surface area is 172 Å². The molecule has 1 aliphatic heterocycles. The summed E-state index contributed by atoms with van der Waals surface area (Å²) in [5.74, 6) is 0.974. The lowest BCUT2D eigenvalue weighted by atomic mass is 9.85. The van der Waals surface area contributed by atoms with Gasteiger partial charge in [-0.05, 0) is 23.6 Å². The van der Waals surface area contributed by atoms with Crippen molar-refractivity contribution in [2.75, 3.05) is 28.4 Å². The third kappa shape index (κ3) is 3.10. The van der Waals surface area contributed by atoms with Gasteiger partial charge >= 0.3 is 5.97 Å². The molecule has 1 aromatic heterocycles. The number of fused-ring (bicyclic) bond motifs is 2. The second-order valence-electron chi connectivity index (χ2n) is 6.79. The fraction of sp³-hybridized carbons (Fsp3) is 0.273. The number of pyridine rings is 1. The first-order valence-corrected chi connectivity index (χ1v) is 9.25. The molecule has 8 nitrogen and oxygen atoms in total. The van der Waals surface area contributed by atoms with Gasteiger partial charge in [0.2, 0.25) is 5.75 Å². The fourth-order valence-electron chi connectivity index (χ4n) is 3.85. The summed E-state index contributed by atoms with van der Waals surface area (Å²) in [6.45, 7) is 0. The topological polar surface area (TPSA) is 96.1 Å². The van der Waals surface area contributed by atoms with Gasteiger partial charge in [0.25, 0.3) is 5.56 Å². The van der Waals surface area contributed by atoms with Crippen molar-refractivity contribution in [1.82, 2.24) is 4.98 Å². The van der Waals surface area contributed by atoms with E-state index in [0.717, 1.165) is 5.39 Å². The summed E-state index contributed by atoms with van der Waals surface area (Å²) in [5, 5.41) is 0.810. The molecule has 30 heavy (non-hydrogen) atoms. The van der Waals surface area contributed by atoms with Gasteiger partial charge in [-0.15, -0.1) is 0 Å². The number of benzene rings is 2. The van der Waals surface area contributed by atoms with Gasteiger partial charge in [-0.1, -0.05) is 0 Å². The molecule has 0 unspecified atom stereocenters. The van der Waals surface area contributed by atoms with E-state index < -0.39 is 11.9 Å². The zero-order valence-electron chi connectivity index (χ0n) is 17.0. The molecule has 0 spiro atoms. The molecule has 156 valence electrons. The minimum Gasteiger partial charge on any atom is -0.497 e. The molecule has 1 aliphatic rings. The van der Waals surface area contributed by atoms with E-state index in [2.05, 4.69) is 4.98 Å². The van der Waals surface area contributed by atoms with Crippen LogP contribution in [0, 0.1) is 0 Å². The van der Waals surface area contributed by atoms with E-state index in [9.17, 15) is 9.59 Å². The molecular formula is C22H21NO7. The summed E-state index contributed by atoms with van der Waals surface area (Å²) in [4.78, 5) is 28.2. The average Bonchev–Trinajstić information content (AvgIpc) is 2.75. The molecule has 1 atom stereocenters. The molecule has 4 rings (SSSR count). The van der Waals surface area contributed by atoms with Gasteiger partial charge in [0, 0.05) is 29.2 Å². The van der Waals surface area contributed by atoms with Crippen molar-refractivity contribution in [3.63, 3.8) is 0 Å². The molecule has 0 saturated heterocycles. The Morgan fingerprint density at radius 3 is 2.37 bits per heavy atom. The lowest BCUT2D eigenvalue weighted by Gasteiger charge is -2.28. The molecule has 0 radical (unpaired) electrons. The van der Waals surface area contributed by atoms with Crippen molar-refractivity contribution >= 4 is 16.9 Å². The molecule has 0 bridgehead atoms. The summed E-state index contributed by atoms with van der Waals surface area (Å²) >= 11 is 0. The number of nitrogens with one attached hydrogen (secondary N) is 1. The van der Waals surface area contributed by atoms with E-state index >= 15 is 0 Å². The van der Waals surface area contributed by atoms with Crippen molar-refractivity contribution in [3.8, 4) is 28.7 Å². The van der Waals surface area contributed by atoms with E-state index in [1.807, 2.05) is 12.1 Å². The van der Waals surface area contributed by atoms with Gasteiger partial charge < -0.3 is 28.7 Å². The number of esters is 1. The second kappa shape index (κ2) is 7.62. The fourth-order valence-corrected chi connectivity index (χ4v) is 3.85. The summed E-state index contributed by atoms with van der Waals surface area (Å²) < 4.78 is 27.1. The van der Waals surface area contributed by atoms with Gasteiger partial charge in [0.1, 0.15) is 11.5 Å². The molecule has 1 N–H and O–H groups in total. The first-order chi connectivity index (χ1) is 14.5. The second-order valence-corrected chi connectivity index (χ2v) is 6.79. The maximum absolute atomic E-state index is 13.0. The van der Waals surface area contributed by atoms with E-state index in [4.69, 9.17) is 23.7 Å². The van der Waals surface area contributed by atoms with Gasteiger partial charge in [-0.3, -0.25) is 9.59 Å². The molecule has 2 heterocycles. The number of rotatable bonds is 5. The number of aromatic amines is 1. The van der Waals surface area contributed by atoms with Crippen molar-refractivity contribution in [2.24, 2.45) is 0 Å². The molecule has 2 aromatic carbocycles. The highest BCUT2D eigenvalue weighted by Crippen LogP contribution is 2.52. The van der Waals surface area contributed by atoms with Gasteiger partial charge in [0.15, 0.2) is 11.5 Å². The minimum absolute atomic E-state index is 0.0103. The number of ether oxygens (including phenoxy) is 5. The quantitative estimate of drug-likeness (QED) is 0.509. The van der Waals surface area contributed by atoms with Gasteiger partial charge in [-0.25, -0.2) is 0 Å². The smallest absolute Gasteiger partial charge is 0.312 e. The SMILES string of the molecule is COc1ccc2cc([C@@H]3CC(=O)Oc4cc(OC)c(OC)c(OC)c43)c(=O)[nH]c2c1. The molecule has 0 fully saturated rings. The van der Waals surface area contributed by atoms with Crippen molar-refractivity contribution < 1.29 is 28.5 Å². The van der Waals surface area contributed by atoms with E-state index in [1.54, 1.807) is 25.3 Å². The summed E-state index contributed by atoms with van der Waals surface area (Å²) in [7, 11) is 6.02. The number of hydrogen-bond acceptors (Lipinski definition) is 7. The highest BCUT2D eigenvalue weighted by atomic mass is 16.5. The lowest BCUT2D eigenvalue weighted by Crippen LogP contribution is -2.26. The minimum atomic E-state index is -0.578. The first kappa shape index (κ1) is 19.6. The van der Waals surface area contributed by atoms with Crippen LogP contribution < -0.4 is 29.2 Å². The zero-order valence-corrected chi connectivity index (χ0v) is 17.0. The monoisotopic (exact) mass is 411 g/mol. The van der Waals surface area contributed by atoms with Crippen LogP contribution in [0.4, 0.5) is 0 Å². The lowest BCUT2D eigenvalue weighted by molar-refractivity contribution is -0.135. The maximum atomic E-state index is 13.0. The Bertz CT molecular complexity index is 1200. The van der Waals surface area contributed by atoms with Crippen molar-refractivity contribution in [2.45, 2.75) is 12.3 Å². The van der Waals surface area contributed by atoms with Crippen LogP contribution in [-0.2, 0) is 4.79 Å². The van der Waals surface area contributed by atoms with Crippen LogP contribution in [0.5, 0.6) is 28.7 Å². The molecule has 0 amide bonds. The number of aromatic nitrogens is 1. The van der Waals surface area contributed by atoms with E-state index in [-0.39, 0.29) is 17.7 Å². The standard InChI is InChI=1S/C22H21NO7/c1-26-12-6-5-11-7-14(22(25)23-15(11)8-12)13-9-18(24)30-16-10-17(27-2)20(28-3)21(29-4)19(13)16/h5-8,10,13H,9H2,1-4H3,(H,23,25)/t13-/m0/s1. The Balaban J connectivity index is 1.96. The first-order valence-electron chi connectivity index (χ1n) is 9.25. The molecule has 0 saturated carbocycles. The van der Waals surface area contributed by atoms with Crippen LogP contribution in [0.3, 0.4) is 0 Å². The molecular weight excluding hydrogens is 390 g/mol. The molecule has 8 heteroatoms. The van der Waals surface area contributed by atoms with Crippen molar-refractivity contribution in [3.05, 3.63) is 51.8 Å². The highest BCUT2D eigenvalue weighted by Gasteiger charge is 2.36. The highest BCUT2D eigenvalue weighted by molar-refractivity contribution is 5.83. The van der Waals surface area contributed by atoms with Crippen LogP contribution in [0.2, 0.25) is 0 Å². The summed E-state index contributed by atoms with van der Waals surface area (Å²) in [6, 6.07) is 8.75. The van der Waals surface area contributed by atoms with E-state index in [0.29, 0.717) is 39.6 Å². The van der Waals surface area contributed by atoms with Crippen LogP contribution in [0.15, 0.2) is 35.1 Å². The Hall–Kier alpha value is -3.68. The number of methoxy groups -OCH3 is 4. The van der Waals surface area contributed by atoms with Crippen LogP contribution in [0.1, 0.15) is 23.5 Å². The normalized spacial score (nSPS) is 15.3. The van der Waals surface area contributed by atoms with Gasteiger partial charge in [0.05, 0.1) is 40.4 Å². The Kier molecular flexibility index (Phi) is 4.99. The maximum Gasteiger partial charge on any atom is 0.312 e. The predicted molar refractivity (Wildman–Crippen MR) is 109 cm³/mol. The van der Waals surface area contributed by atoms with Crippen LogP contribution >= 0.6 is 0 Å². The van der Waals surface area contributed by atoms with E-state index in [1.165, 1.54) is 21.3 Å². The molecule has 3 aromatic rings. The van der Waals surface area contributed by atoms with Crippen molar-refractivity contribution in [1.29, 1.82) is 0 Å². The van der Waals surface area contributed by atoms with Crippen LogP contribution in [0.25, 0.3) is 10.9 Å². The average molecular weight is 411 g/mol. The number of carbonyl (C=O) groups is 1. The van der Waals surface area contributed by atoms with Gasteiger partial charge in [-0.2, -0.15) is 0 Å². The molecule has 0 aliphatic carbocycles. The Morgan fingerprint density at radius 2 is 1.70 bits per heavy atom. The zero-order chi connectivity index (χ0) is 21.4. The third-order valence-corrected chi connectivity index (χ3v) is 5.23. The third-order valence-electron chi connectivity index (χ3n) is 5.23. The number of carbonyl (C=O) groups excluding carboxylic acids is 1. The van der Waals surface area contributed by atoms with Crippen LogP contribution in [-0.4, -0.2) is 39.4 Å². The predicted octanol–water partition coefficient (Wildman–Crippen LogP) is 3.00. The summed E-state index contributed by atoms with van der Waals surface area (Å²) in [5.41, 5.74) is 1.32. The Morgan fingerprint density at radius 1 is 0.933 bits per heavy atom. The number of hydrogen-bond donors (Lipinski definition) is 1. The largest absolute Gasteiger partial charge is 0.497 e.